The molecule has 3 unspecified atom stereocenters. The normalized spacial score (nSPS) is 34.3. The topological polar surface area (TPSA) is 244 Å². The number of nitrogens with zero attached hydrogens (tertiary/aromatic N) is 1. The number of fused-ring (bicyclic) bond motifs is 1. The zero-order valence-electron chi connectivity index (χ0n) is 31.4. The number of ketones is 1. The molecule has 0 amide bonds. The predicted octanol–water partition coefficient (Wildman–Crippen LogP) is 0.964. The molecule has 2 aliphatic carbocycles. The van der Waals surface area contributed by atoms with Gasteiger partial charge in [-0.1, -0.05) is 13.8 Å². The summed E-state index contributed by atoms with van der Waals surface area (Å²) in [5.74, 6) is -10.7. The van der Waals surface area contributed by atoms with Crippen molar-refractivity contribution in [1.29, 1.82) is 0 Å². The van der Waals surface area contributed by atoms with Gasteiger partial charge < -0.3 is 43.0 Å². The summed E-state index contributed by atoms with van der Waals surface area (Å²) in [4.78, 5) is 110. The lowest BCUT2D eigenvalue weighted by molar-refractivity contribution is -0.376. The Morgan fingerprint density at radius 1 is 0.815 bits per heavy atom. The third kappa shape index (κ3) is 7.03. The molecule has 1 aromatic heterocycles. The van der Waals surface area contributed by atoms with Crippen LogP contribution in [0.25, 0.3) is 0 Å². The van der Waals surface area contributed by atoms with Crippen LogP contribution in [0.15, 0.2) is 24.5 Å². The number of pyridine rings is 1. The number of aromatic nitrogens is 1. The summed E-state index contributed by atoms with van der Waals surface area (Å²) >= 11 is 0. The van der Waals surface area contributed by atoms with E-state index < -0.39 is 125 Å². The quantitative estimate of drug-likeness (QED) is 0.230. The fraction of sp³-hybridized carbons (Fsp3) is 0.639. The lowest BCUT2D eigenvalue weighted by Gasteiger charge is -2.66. The Kier molecular flexibility index (Phi) is 11.9. The Hall–Kier alpha value is -4.97. The minimum Gasteiger partial charge on any atom is -0.465 e. The van der Waals surface area contributed by atoms with Crippen LogP contribution in [-0.2, 0) is 71.5 Å². The molecule has 1 aliphatic heterocycles. The molecular formula is C36H45NO17. The lowest BCUT2D eigenvalue weighted by Crippen LogP contribution is -2.88. The van der Waals surface area contributed by atoms with Crippen molar-refractivity contribution in [2.75, 3.05) is 13.2 Å². The summed E-state index contributed by atoms with van der Waals surface area (Å²) in [5, 5.41) is 13.2. The van der Waals surface area contributed by atoms with Crippen molar-refractivity contribution < 1.29 is 81.4 Å². The highest BCUT2D eigenvalue weighted by Crippen LogP contribution is 2.68. The van der Waals surface area contributed by atoms with Gasteiger partial charge in [0, 0.05) is 47.0 Å². The van der Waals surface area contributed by atoms with Gasteiger partial charge in [0.25, 0.3) is 0 Å². The first-order valence-electron chi connectivity index (χ1n) is 17.2. The molecule has 2 heterocycles. The van der Waals surface area contributed by atoms with Crippen LogP contribution >= 0.6 is 0 Å². The molecular weight excluding hydrogens is 718 g/mol. The molecule has 18 nitrogen and oxygen atoms in total. The van der Waals surface area contributed by atoms with Gasteiger partial charge in [-0.2, -0.15) is 0 Å². The van der Waals surface area contributed by atoms with Gasteiger partial charge in [0.2, 0.25) is 0 Å². The van der Waals surface area contributed by atoms with E-state index in [2.05, 4.69) is 4.98 Å². The standard InChI is InChI=1S/C36H45NO17/c1-10-17(2)31(44)53-29-26(49-19(4)39)30(52-22(7)42)35(16-47-18(3)38)28(51-21(6)41)25(43)24-27(50-20(5)40)36(35,34(29,9)46)54-33(24,8)15-48-32(45)23-12-11-13-37-14-23/h11-14,17,24,26-30,46H,10,15-16H2,1-9H3/t17?,24?,26-,27+,28+,29-,30-,33-,34-,35+,36?/m0/s1. The molecule has 18 heteroatoms. The van der Waals surface area contributed by atoms with Crippen LogP contribution in [-0.4, -0.2) is 118 Å². The van der Waals surface area contributed by atoms with Crippen LogP contribution in [0.3, 0.4) is 0 Å². The second kappa shape index (κ2) is 15.4. The van der Waals surface area contributed by atoms with E-state index >= 15 is 4.79 Å². The molecule has 2 bridgehead atoms. The number of carbonyl (C=O) groups excluding carboxylic acids is 8. The van der Waals surface area contributed by atoms with Crippen LogP contribution < -0.4 is 0 Å². The van der Waals surface area contributed by atoms with Crippen molar-refractivity contribution in [1.82, 2.24) is 4.98 Å². The fourth-order valence-corrected chi connectivity index (χ4v) is 7.97. The number of ether oxygens (including phenoxy) is 8. The average Bonchev–Trinajstić information content (AvgIpc) is 3.31. The van der Waals surface area contributed by atoms with Crippen molar-refractivity contribution in [2.45, 2.75) is 116 Å². The molecule has 1 spiro atoms. The van der Waals surface area contributed by atoms with Crippen LogP contribution in [0.4, 0.5) is 0 Å². The average molecular weight is 764 g/mol. The number of hydrogen-bond donors (Lipinski definition) is 1. The fourth-order valence-electron chi connectivity index (χ4n) is 7.97. The van der Waals surface area contributed by atoms with Gasteiger partial charge in [0.15, 0.2) is 35.8 Å². The van der Waals surface area contributed by atoms with E-state index in [0.717, 1.165) is 41.5 Å². The maximum atomic E-state index is 15.0. The molecule has 296 valence electrons. The van der Waals surface area contributed by atoms with Crippen LogP contribution in [0, 0.1) is 17.3 Å². The maximum absolute atomic E-state index is 15.0. The van der Waals surface area contributed by atoms with E-state index in [9.17, 15) is 38.7 Å². The molecule has 3 aliphatic rings. The number of rotatable bonds is 12. The zero-order chi connectivity index (χ0) is 40.6. The molecule has 54 heavy (non-hydrogen) atoms. The monoisotopic (exact) mass is 763 g/mol. The van der Waals surface area contributed by atoms with Crippen molar-refractivity contribution in [2.24, 2.45) is 17.3 Å². The van der Waals surface area contributed by atoms with Crippen LogP contribution in [0.5, 0.6) is 0 Å². The molecule has 1 saturated heterocycles. The van der Waals surface area contributed by atoms with E-state index in [1.54, 1.807) is 6.92 Å². The summed E-state index contributed by atoms with van der Waals surface area (Å²) < 4.78 is 46.8. The van der Waals surface area contributed by atoms with Gasteiger partial charge >= 0.3 is 41.8 Å². The van der Waals surface area contributed by atoms with Crippen LogP contribution in [0.2, 0.25) is 0 Å². The molecule has 0 radical (unpaired) electrons. The van der Waals surface area contributed by atoms with Crippen LogP contribution in [0.1, 0.15) is 79.1 Å². The molecule has 3 fully saturated rings. The Bertz CT molecular complexity index is 1690. The molecule has 2 saturated carbocycles. The largest absolute Gasteiger partial charge is 0.465 e. The molecule has 4 rings (SSSR count). The Labute approximate surface area is 310 Å². The first kappa shape index (κ1) is 41.8. The van der Waals surface area contributed by atoms with E-state index in [1.807, 2.05) is 0 Å². The Balaban J connectivity index is 2.16. The first-order valence-corrected chi connectivity index (χ1v) is 17.2. The van der Waals surface area contributed by atoms with E-state index in [-0.39, 0.29) is 12.0 Å². The highest BCUT2D eigenvalue weighted by atomic mass is 16.7. The molecule has 1 N–H and O–H groups in total. The smallest absolute Gasteiger partial charge is 0.339 e. The first-order chi connectivity index (χ1) is 25.1. The van der Waals surface area contributed by atoms with Gasteiger partial charge in [-0.3, -0.25) is 38.5 Å². The summed E-state index contributed by atoms with van der Waals surface area (Å²) in [6, 6.07) is 2.87. The Morgan fingerprint density at radius 2 is 1.41 bits per heavy atom. The second-order valence-electron chi connectivity index (χ2n) is 14.1. The highest BCUT2D eigenvalue weighted by molar-refractivity contribution is 5.94. The number of carbonyl (C=O) groups is 8. The predicted molar refractivity (Wildman–Crippen MR) is 176 cm³/mol. The highest BCUT2D eigenvalue weighted by Gasteiger charge is 2.91. The lowest BCUT2D eigenvalue weighted by atomic mass is 9.45. The maximum Gasteiger partial charge on any atom is 0.339 e. The van der Waals surface area contributed by atoms with Crippen molar-refractivity contribution >= 4 is 47.6 Å². The Morgan fingerprint density at radius 3 is 1.93 bits per heavy atom. The van der Waals surface area contributed by atoms with Crippen molar-refractivity contribution in [3.63, 3.8) is 0 Å². The molecule has 11 atom stereocenters. The SMILES string of the molecule is CCC(C)C(=O)O[C@H]1[C@H](OC(C)=O)[C@H](OC(C)=O)[C@@]2(COC(C)=O)[C@H](OC(C)=O)C(=O)C3[C@@H](OC(C)=O)C2(O[C@@]3(C)COC(=O)c2cccnc2)[C@@]1(C)O. The second-order valence-corrected chi connectivity index (χ2v) is 14.1. The van der Waals surface area contributed by atoms with Gasteiger partial charge in [-0.15, -0.1) is 0 Å². The number of Topliss-reactive ketones (excluding diaryl/α,β-unsaturated/α-hetero) is 1. The molecule has 1 aromatic rings. The number of aliphatic hydroxyl groups is 1. The molecule has 0 aromatic carbocycles. The minimum absolute atomic E-state index is 0.00548. The van der Waals surface area contributed by atoms with Gasteiger partial charge in [0.1, 0.15) is 35.9 Å². The van der Waals surface area contributed by atoms with Gasteiger partial charge in [-0.05, 0) is 32.4 Å². The minimum atomic E-state index is -2.81. The van der Waals surface area contributed by atoms with Crippen molar-refractivity contribution in [3.05, 3.63) is 30.1 Å². The number of esters is 7. The van der Waals surface area contributed by atoms with E-state index in [4.69, 9.17) is 37.9 Å². The number of hydrogen-bond acceptors (Lipinski definition) is 18. The van der Waals surface area contributed by atoms with Gasteiger partial charge in [0.05, 0.1) is 17.4 Å². The third-order valence-corrected chi connectivity index (χ3v) is 10.2. The van der Waals surface area contributed by atoms with E-state index in [1.165, 1.54) is 38.4 Å². The summed E-state index contributed by atoms with van der Waals surface area (Å²) in [6.45, 7) is 8.49. The summed E-state index contributed by atoms with van der Waals surface area (Å²) in [6.07, 6.45) is -7.48. The zero-order valence-corrected chi connectivity index (χ0v) is 31.4. The van der Waals surface area contributed by atoms with Crippen molar-refractivity contribution in [3.8, 4) is 0 Å². The van der Waals surface area contributed by atoms with E-state index in [0.29, 0.717) is 0 Å². The van der Waals surface area contributed by atoms with Gasteiger partial charge in [-0.25, -0.2) is 4.79 Å². The summed E-state index contributed by atoms with van der Waals surface area (Å²) in [7, 11) is 0. The summed E-state index contributed by atoms with van der Waals surface area (Å²) in [5.41, 5.74) is -10.3. The third-order valence-electron chi connectivity index (χ3n) is 10.2.